The van der Waals surface area contributed by atoms with Crippen LogP contribution in [-0.4, -0.2) is 40.2 Å². The average Bonchev–Trinajstić information content (AvgIpc) is 3.09. The highest BCUT2D eigenvalue weighted by molar-refractivity contribution is 6.30. The Bertz CT molecular complexity index is 927. The van der Waals surface area contributed by atoms with Crippen LogP contribution in [0.4, 0.5) is 0 Å². The van der Waals surface area contributed by atoms with Gasteiger partial charge in [-0.05, 0) is 44.5 Å². The molecule has 3 aromatic rings. The van der Waals surface area contributed by atoms with Crippen LogP contribution in [0.2, 0.25) is 5.15 Å². The standard InChI is InChI=1S/C19H21ClN4O2/c1-12-21-19(26-23-12)14-4-3-7-24(10-14)11-15-8-13-5-6-16(25-2)9-17(13)22-18(15)20/h5-6,8-9,14H,3-4,7,10-11H2,1-2H3. The second-order valence-corrected chi connectivity index (χ2v) is 7.11. The molecule has 136 valence electrons. The Balaban J connectivity index is 1.53. The summed E-state index contributed by atoms with van der Waals surface area (Å²) in [5, 5.41) is 5.52. The van der Waals surface area contributed by atoms with E-state index in [4.69, 9.17) is 20.9 Å². The lowest BCUT2D eigenvalue weighted by molar-refractivity contribution is 0.180. The summed E-state index contributed by atoms with van der Waals surface area (Å²) >= 11 is 6.46. The van der Waals surface area contributed by atoms with Crippen molar-refractivity contribution in [2.45, 2.75) is 32.2 Å². The molecule has 0 saturated carbocycles. The molecule has 0 amide bonds. The van der Waals surface area contributed by atoms with Gasteiger partial charge >= 0.3 is 0 Å². The molecule has 3 heterocycles. The number of ether oxygens (including phenoxy) is 1. The van der Waals surface area contributed by atoms with Crippen LogP contribution < -0.4 is 4.74 Å². The number of aromatic nitrogens is 3. The van der Waals surface area contributed by atoms with E-state index in [1.54, 1.807) is 7.11 Å². The first-order chi connectivity index (χ1) is 12.6. The normalized spacial score (nSPS) is 18.3. The number of hydrogen-bond donors (Lipinski definition) is 0. The lowest BCUT2D eigenvalue weighted by atomic mass is 9.97. The molecule has 26 heavy (non-hydrogen) atoms. The Labute approximate surface area is 157 Å². The zero-order valence-electron chi connectivity index (χ0n) is 14.9. The van der Waals surface area contributed by atoms with E-state index in [2.05, 4.69) is 26.1 Å². The lowest BCUT2D eigenvalue weighted by Crippen LogP contribution is -2.34. The van der Waals surface area contributed by atoms with Gasteiger partial charge in [0.15, 0.2) is 5.82 Å². The number of rotatable bonds is 4. The fourth-order valence-electron chi connectivity index (χ4n) is 3.53. The van der Waals surface area contributed by atoms with Crippen molar-refractivity contribution in [3.8, 4) is 5.75 Å². The monoisotopic (exact) mass is 372 g/mol. The number of hydrogen-bond acceptors (Lipinski definition) is 6. The Morgan fingerprint density at radius 3 is 2.96 bits per heavy atom. The van der Waals surface area contributed by atoms with Crippen LogP contribution in [0.25, 0.3) is 10.9 Å². The number of pyridine rings is 1. The topological polar surface area (TPSA) is 64.3 Å². The second-order valence-electron chi connectivity index (χ2n) is 6.75. The molecule has 0 aliphatic carbocycles. The molecule has 1 atom stereocenters. The second kappa shape index (κ2) is 7.21. The maximum Gasteiger partial charge on any atom is 0.231 e. The molecule has 0 N–H and O–H groups in total. The molecule has 1 unspecified atom stereocenters. The van der Waals surface area contributed by atoms with E-state index in [1.807, 2.05) is 25.1 Å². The van der Waals surface area contributed by atoms with Gasteiger partial charge in [-0.25, -0.2) is 4.98 Å². The molecule has 1 fully saturated rings. The smallest absolute Gasteiger partial charge is 0.231 e. The predicted octanol–water partition coefficient (Wildman–Crippen LogP) is 3.97. The average molecular weight is 373 g/mol. The van der Waals surface area contributed by atoms with E-state index in [-0.39, 0.29) is 5.92 Å². The van der Waals surface area contributed by atoms with E-state index in [0.29, 0.717) is 11.0 Å². The third kappa shape index (κ3) is 3.52. The Hall–Kier alpha value is -2.18. The largest absolute Gasteiger partial charge is 0.497 e. The van der Waals surface area contributed by atoms with Crippen LogP contribution in [0.1, 0.15) is 36.0 Å². The van der Waals surface area contributed by atoms with Gasteiger partial charge in [0.05, 0.1) is 18.5 Å². The molecule has 6 nitrogen and oxygen atoms in total. The molecule has 1 aliphatic rings. The minimum Gasteiger partial charge on any atom is -0.497 e. The van der Waals surface area contributed by atoms with Gasteiger partial charge in [0.1, 0.15) is 10.9 Å². The van der Waals surface area contributed by atoms with Gasteiger partial charge in [0.2, 0.25) is 5.89 Å². The summed E-state index contributed by atoms with van der Waals surface area (Å²) in [4.78, 5) is 11.3. The maximum atomic E-state index is 6.46. The van der Waals surface area contributed by atoms with Gasteiger partial charge in [0, 0.05) is 30.1 Å². The number of piperidine rings is 1. The summed E-state index contributed by atoms with van der Waals surface area (Å²) in [5.41, 5.74) is 1.88. The van der Waals surface area contributed by atoms with Crippen LogP contribution in [0.15, 0.2) is 28.8 Å². The van der Waals surface area contributed by atoms with E-state index in [9.17, 15) is 0 Å². The summed E-state index contributed by atoms with van der Waals surface area (Å²) in [6.07, 6.45) is 2.17. The Morgan fingerprint density at radius 1 is 1.31 bits per heavy atom. The van der Waals surface area contributed by atoms with Crippen molar-refractivity contribution in [3.05, 3.63) is 46.7 Å². The molecular formula is C19H21ClN4O2. The fourth-order valence-corrected chi connectivity index (χ4v) is 3.73. The zero-order chi connectivity index (χ0) is 18.1. The van der Waals surface area contributed by atoms with E-state index in [0.717, 1.165) is 60.6 Å². The van der Waals surface area contributed by atoms with Crippen molar-refractivity contribution < 1.29 is 9.26 Å². The van der Waals surface area contributed by atoms with Crippen molar-refractivity contribution in [1.29, 1.82) is 0 Å². The molecule has 2 aromatic heterocycles. The lowest BCUT2D eigenvalue weighted by Gasteiger charge is -2.31. The SMILES string of the molecule is COc1ccc2cc(CN3CCCC(c4nc(C)no4)C3)c(Cl)nc2c1. The van der Waals surface area contributed by atoms with Gasteiger partial charge in [-0.15, -0.1) is 0 Å². The van der Waals surface area contributed by atoms with E-state index < -0.39 is 0 Å². The Kier molecular flexibility index (Phi) is 4.78. The van der Waals surface area contributed by atoms with Crippen molar-refractivity contribution in [2.75, 3.05) is 20.2 Å². The minimum atomic E-state index is 0.279. The number of methoxy groups -OCH3 is 1. The number of halogens is 1. The molecular weight excluding hydrogens is 352 g/mol. The van der Waals surface area contributed by atoms with Gasteiger partial charge in [-0.2, -0.15) is 4.98 Å². The van der Waals surface area contributed by atoms with Gasteiger partial charge < -0.3 is 9.26 Å². The van der Waals surface area contributed by atoms with Crippen LogP contribution >= 0.6 is 11.6 Å². The molecule has 1 aromatic carbocycles. The third-order valence-electron chi connectivity index (χ3n) is 4.84. The first-order valence-corrected chi connectivity index (χ1v) is 9.16. The van der Waals surface area contributed by atoms with Gasteiger partial charge in [-0.3, -0.25) is 4.90 Å². The third-order valence-corrected chi connectivity index (χ3v) is 5.17. The van der Waals surface area contributed by atoms with Crippen molar-refractivity contribution in [3.63, 3.8) is 0 Å². The fraction of sp³-hybridized carbons (Fsp3) is 0.421. The summed E-state index contributed by atoms with van der Waals surface area (Å²) < 4.78 is 10.6. The molecule has 7 heteroatoms. The summed E-state index contributed by atoms with van der Waals surface area (Å²) in [6, 6.07) is 7.97. The highest BCUT2D eigenvalue weighted by Crippen LogP contribution is 2.29. The number of benzene rings is 1. The minimum absolute atomic E-state index is 0.279. The van der Waals surface area contributed by atoms with Crippen LogP contribution in [0, 0.1) is 6.92 Å². The van der Waals surface area contributed by atoms with E-state index in [1.165, 1.54) is 0 Å². The van der Waals surface area contributed by atoms with Gasteiger partial charge in [-0.1, -0.05) is 16.8 Å². The number of aryl methyl sites for hydroxylation is 1. The van der Waals surface area contributed by atoms with Gasteiger partial charge in [0.25, 0.3) is 0 Å². The predicted molar refractivity (Wildman–Crippen MR) is 99.6 cm³/mol. The van der Waals surface area contributed by atoms with Crippen LogP contribution in [0.3, 0.4) is 0 Å². The van der Waals surface area contributed by atoms with Crippen molar-refractivity contribution >= 4 is 22.5 Å². The van der Waals surface area contributed by atoms with Crippen molar-refractivity contribution in [1.82, 2.24) is 20.0 Å². The molecule has 1 aliphatic heterocycles. The number of likely N-dealkylation sites (tertiary alicyclic amines) is 1. The number of fused-ring (bicyclic) bond motifs is 1. The van der Waals surface area contributed by atoms with Crippen molar-refractivity contribution in [2.24, 2.45) is 0 Å². The van der Waals surface area contributed by atoms with Crippen LogP contribution in [0.5, 0.6) is 5.75 Å². The molecule has 4 rings (SSSR count). The highest BCUT2D eigenvalue weighted by atomic mass is 35.5. The molecule has 1 saturated heterocycles. The summed E-state index contributed by atoms with van der Waals surface area (Å²) in [6.45, 7) is 4.53. The first kappa shape index (κ1) is 17.2. The zero-order valence-corrected chi connectivity index (χ0v) is 15.7. The van der Waals surface area contributed by atoms with Crippen LogP contribution in [-0.2, 0) is 6.54 Å². The summed E-state index contributed by atoms with van der Waals surface area (Å²) in [5.74, 6) is 2.49. The number of nitrogens with zero attached hydrogens (tertiary/aromatic N) is 4. The molecule has 0 radical (unpaired) electrons. The highest BCUT2D eigenvalue weighted by Gasteiger charge is 2.26. The molecule has 0 spiro atoms. The maximum absolute atomic E-state index is 6.46. The van der Waals surface area contributed by atoms with E-state index >= 15 is 0 Å². The quantitative estimate of drug-likeness (QED) is 0.646. The summed E-state index contributed by atoms with van der Waals surface area (Å²) in [7, 11) is 1.65. The Morgan fingerprint density at radius 2 is 2.19 bits per heavy atom. The first-order valence-electron chi connectivity index (χ1n) is 8.78. The molecule has 0 bridgehead atoms.